The standard InChI is InChI=1S/C13H25N3O/c1-15-6-3-7-16(9-8-15)13(17)12-5-2-4-11(12)10-14/h11-12H,2-10,14H2,1H3/t11-,12-/m1/s1. The lowest BCUT2D eigenvalue weighted by atomic mass is 9.94. The Bertz CT molecular complexity index is 269. The van der Waals surface area contributed by atoms with Crippen LogP contribution in [0.4, 0.5) is 0 Å². The van der Waals surface area contributed by atoms with E-state index in [2.05, 4.69) is 16.8 Å². The zero-order chi connectivity index (χ0) is 12.3. The minimum absolute atomic E-state index is 0.211. The molecule has 4 nitrogen and oxygen atoms in total. The van der Waals surface area contributed by atoms with Crippen LogP contribution in [-0.4, -0.2) is 55.5 Å². The van der Waals surface area contributed by atoms with Crippen LogP contribution in [0.3, 0.4) is 0 Å². The van der Waals surface area contributed by atoms with E-state index in [9.17, 15) is 4.79 Å². The van der Waals surface area contributed by atoms with Crippen LogP contribution in [0.15, 0.2) is 0 Å². The monoisotopic (exact) mass is 239 g/mol. The van der Waals surface area contributed by atoms with Crippen molar-refractivity contribution in [1.82, 2.24) is 9.80 Å². The molecular formula is C13H25N3O. The van der Waals surface area contributed by atoms with Crippen molar-refractivity contribution in [2.45, 2.75) is 25.7 Å². The Morgan fingerprint density at radius 2 is 2.00 bits per heavy atom. The number of rotatable bonds is 2. The fraction of sp³-hybridized carbons (Fsp3) is 0.923. The third kappa shape index (κ3) is 2.99. The van der Waals surface area contributed by atoms with Gasteiger partial charge < -0.3 is 15.5 Å². The van der Waals surface area contributed by atoms with E-state index >= 15 is 0 Å². The van der Waals surface area contributed by atoms with Crippen LogP contribution in [0, 0.1) is 11.8 Å². The van der Waals surface area contributed by atoms with Gasteiger partial charge in [-0.05, 0) is 45.3 Å². The fourth-order valence-corrected chi connectivity index (χ4v) is 3.15. The number of amides is 1. The van der Waals surface area contributed by atoms with Crippen molar-refractivity contribution in [3.05, 3.63) is 0 Å². The Kier molecular flexibility index (Phi) is 4.40. The molecule has 0 unspecified atom stereocenters. The summed E-state index contributed by atoms with van der Waals surface area (Å²) >= 11 is 0. The summed E-state index contributed by atoms with van der Waals surface area (Å²) in [5, 5.41) is 0. The molecule has 4 heteroatoms. The number of carbonyl (C=O) groups is 1. The maximum atomic E-state index is 12.5. The largest absolute Gasteiger partial charge is 0.341 e. The average Bonchev–Trinajstić information content (AvgIpc) is 2.70. The minimum atomic E-state index is 0.211. The zero-order valence-corrected chi connectivity index (χ0v) is 10.9. The highest BCUT2D eigenvalue weighted by molar-refractivity contribution is 5.79. The molecule has 1 saturated heterocycles. The first kappa shape index (κ1) is 12.8. The first-order valence-electron chi connectivity index (χ1n) is 6.89. The molecule has 98 valence electrons. The first-order valence-corrected chi connectivity index (χ1v) is 6.89. The Morgan fingerprint density at radius 3 is 2.76 bits per heavy atom. The molecule has 2 aliphatic rings. The Balaban J connectivity index is 1.94. The third-order valence-electron chi connectivity index (χ3n) is 4.31. The van der Waals surface area contributed by atoms with E-state index < -0.39 is 0 Å². The van der Waals surface area contributed by atoms with Gasteiger partial charge in [0.05, 0.1) is 0 Å². The van der Waals surface area contributed by atoms with Crippen molar-refractivity contribution in [2.75, 3.05) is 39.8 Å². The molecule has 0 aromatic heterocycles. The second kappa shape index (κ2) is 5.83. The maximum absolute atomic E-state index is 12.5. The molecule has 1 aliphatic heterocycles. The summed E-state index contributed by atoms with van der Waals surface area (Å²) in [7, 11) is 2.13. The van der Waals surface area contributed by atoms with Gasteiger partial charge >= 0.3 is 0 Å². The van der Waals surface area contributed by atoms with Crippen molar-refractivity contribution in [1.29, 1.82) is 0 Å². The maximum Gasteiger partial charge on any atom is 0.226 e. The van der Waals surface area contributed by atoms with Gasteiger partial charge in [-0.25, -0.2) is 0 Å². The third-order valence-corrected chi connectivity index (χ3v) is 4.31. The Hall–Kier alpha value is -0.610. The van der Waals surface area contributed by atoms with E-state index in [1.807, 2.05) is 0 Å². The van der Waals surface area contributed by atoms with E-state index in [-0.39, 0.29) is 5.92 Å². The SMILES string of the molecule is CN1CCCN(C(=O)[C@@H]2CCC[C@@H]2CN)CC1. The van der Waals surface area contributed by atoms with E-state index in [0.29, 0.717) is 18.4 Å². The van der Waals surface area contributed by atoms with Crippen LogP contribution in [0.2, 0.25) is 0 Å². The molecular weight excluding hydrogens is 214 g/mol. The summed E-state index contributed by atoms with van der Waals surface area (Å²) in [4.78, 5) is 16.9. The van der Waals surface area contributed by atoms with E-state index in [0.717, 1.165) is 45.4 Å². The lowest BCUT2D eigenvalue weighted by molar-refractivity contribution is -0.136. The Morgan fingerprint density at radius 1 is 1.18 bits per heavy atom. The van der Waals surface area contributed by atoms with E-state index in [1.165, 1.54) is 6.42 Å². The highest BCUT2D eigenvalue weighted by Crippen LogP contribution is 2.32. The van der Waals surface area contributed by atoms with Gasteiger partial charge in [-0.2, -0.15) is 0 Å². The summed E-state index contributed by atoms with van der Waals surface area (Å²) in [6.45, 7) is 4.60. The van der Waals surface area contributed by atoms with Crippen LogP contribution < -0.4 is 5.73 Å². The number of hydrogen-bond acceptors (Lipinski definition) is 3. The number of hydrogen-bond donors (Lipinski definition) is 1. The molecule has 0 spiro atoms. The van der Waals surface area contributed by atoms with E-state index in [4.69, 9.17) is 5.73 Å². The summed E-state index contributed by atoms with van der Waals surface area (Å²) in [5.41, 5.74) is 5.77. The van der Waals surface area contributed by atoms with Crippen molar-refractivity contribution < 1.29 is 4.79 Å². The van der Waals surface area contributed by atoms with Crippen LogP contribution in [0.25, 0.3) is 0 Å². The Labute approximate surface area is 104 Å². The smallest absolute Gasteiger partial charge is 0.226 e. The lowest BCUT2D eigenvalue weighted by Gasteiger charge is -2.26. The minimum Gasteiger partial charge on any atom is -0.341 e. The van der Waals surface area contributed by atoms with Gasteiger partial charge in [0.25, 0.3) is 0 Å². The van der Waals surface area contributed by atoms with Crippen LogP contribution >= 0.6 is 0 Å². The second-order valence-corrected chi connectivity index (χ2v) is 5.52. The van der Waals surface area contributed by atoms with Gasteiger partial charge in [0.2, 0.25) is 5.91 Å². The quantitative estimate of drug-likeness (QED) is 0.764. The first-order chi connectivity index (χ1) is 8.22. The number of nitrogens with zero attached hydrogens (tertiary/aromatic N) is 2. The van der Waals surface area contributed by atoms with Gasteiger partial charge in [0, 0.05) is 25.6 Å². The van der Waals surface area contributed by atoms with Crippen molar-refractivity contribution >= 4 is 5.91 Å². The summed E-state index contributed by atoms with van der Waals surface area (Å²) in [5.74, 6) is 1.01. The molecule has 2 atom stereocenters. The van der Waals surface area contributed by atoms with Gasteiger partial charge in [0.15, 0.2) is 0 Å². The number of likely N-dealkylation sites (N-methyl/N-ethyl adjacent to an activating group) is 1. The lowest BCUT2D eigenvalue weighted by Crippen LogP contribution is -2.40. The van der Waals surface area contributed by atoms with Crippen molar-refractivity contribution in [2.24, 2.45) is 17.6 Å². The molecule has 2 rings (SSSR count). The normalized spacial score (nSPS) is 31.5. The van der Waals surface area contributed by atoms with Gasteiger partial charge in [-0.15, -0.1) is 0 Å². The predicted molar refractivity (Wildman–Crippen MR) is 68.6 cm³/mol. The van der Waals surface area contributed by atoms with Crippen molar-refractivity contribution in [3.8, 4) is 0 Å². The molecule has 0 bridgehead atoms. The molecule has 2 N–H and O–H groups in total. The van der Waals surface area contributed by atoms with Crippen LogP contribution in [0.5, 0.6) is 0 Å². The molecule has 0 radical (unpaired) electrons. The molecule has 17 heavy (non-hydrogen) atoms. The average molecular weight is 239 g/mol. The van der Waals surface area contributed by atoms with Gasteiger partial charge in [-0.1, -0.05) is 6.42 Å². The highest BCUT2D eigenvalue weighted by Gasteiger charge is 2.34. The molecule has 1 amide bonds. The van der Waals surface area contributed by atoms with Crippen LogP contribution in [-0.2, 0) is 4.79 Å². The fourth-order valence-electron chi connectivity index (χ4n) is 3.15. The van der Waals surface area contributed by atoms with Crippen LogP contribution in [0.1, 0.15) is 25.7 Å². The molecule has 1 aliphatic carbocycles. The van der Waals surface area contributed by atoms with Gasteiger partial charge in [0.1, 0.15) is 0 Å². The second-order valence-electron chi connectivity index (χ2n) is 5.52. The molecule has 0 aromatic rings. The summed E-state index contributed by atoms with van der Waals surface area (Å²) in [6.07, 6.45) is 4.46. The highest BCUT2D eigenvalue weighted by atomic mass is 16.2. The summed E-state index contributed by atoms with van der Waals surface area (Å²) in [6, 6.07) is 0. The van der Waals surface area contributed by atoms with Gasteiger partial charge in [-0.3, -0.25) is 4.79 Å². The van der Waals surface area contributed by atoms with Crippen molar-refractivity contribution in [3.63, 3.8) is 0 Å². The molecule has 0 aromatic carbocycles. The number of carbonyl (C=O) groups excluding carboxylic acids is 1. The van der Waals surface area contributed by atoms with E-state index in [1.54, 1.807) is 0 Å². The zero-order valence-electron chi connectivity index (χ0n) is 10.9. The molecule has 2 fully saturated rings. The predicted octanol–water partition coefficient (Wildman–Crippen LogP) is 0.526. The molecule has 1 saturated carbocycles. The topological polar surface area (TPSA) is 49.6 Å². The number of nitrogens with two attached hydrogens (primary N) is 1. The molecule has 1 heterocycles. The summed E-state index contributed by atoms with van der Waals surface area (Å²) < 4.78 is 0.